The van der Waals surface area contributed by atoms with Gasteiger partial charge in [0.05, 0.1) is 18.1 Å². The molecule has 0 bridgehead atoms. The highest BCUT2D eigenvalue weighted by Gasteiger charge is 2.10. The first-order valence-corrected chi connectivity index (χ1v) is 7.18. The second-order valence-corrected chi connectivity index (χ2v) is 6.22. The van der Waals surface area contributed by atoms with Crippen LogP contribution in [-0.2, 0) is 16.9 Å². The minimum Gasteiger partial charge on any atom is -0.490 e. The molecular formula is C10H18N2O3S. The second-order valence-electron chi connectivity index (χ2n) is 3.96. The van der Waals surface area contributed by atoms with Gasteiger partial charge in [-0.05, 0) is 20.3 Å². The first kappa shape index (κ1) is 13.0. The molecule has 0 aliphatic carbocycles. The molecule has 1 rings (SSSR count). The van der Waals surface area contributed by atoms with Crippen LogP contribution in [0.2, 0.25) is 0 Å². The SMILES string of the molecule is Cc1nn(C)c(C)c1OCCCS(C)(=O)=O. The average Bonchev–Trinajstić information content (AvgIpc) is 2.36. The van der Waals surface area contributed by atoms with Gasteiger partial charge in [0.1, 0.15) is 15.5 Å². The van der Waals surface area contributed by atoms with Crippen molar-refractivity contribution in [2.75, 3.05) is 18.6 Å². The van der Waals surface area contributed by atoms with Crippen LogP contribution in [0, 0.1) is 13.8 Å². The molecule has 92 valence electrons. The van der Waals surface area contributed by atoms with Crippen molar-refractivity contribution in [3.8, 4) is 5.75 Å². The molecule has 0 aliphatic heterocycles. The van der Waals surface area contributed by atoms with Gasteiger partial charge >= 0.3 is 0 Å². The fraction of sp³-hybridized carbons (Fsp3) is 0.700. The van der Waals surface area contributed by atoms with E-state index in [0.717, 1.165) is 17.1 Å². The van der Waals surface area contributed by atoms with E-state index in [0.29, 0.717) is 13.0 Å². The minimum absolute atomic E-state index is 0.158. The number of aromatic nitrogens is 2. The van der Waals surface area contributed by atoms with Gasteiger partial charge in [-0.25, -0.2) is 8.42 Å². The van der Waals surface area contributed by atoms with Crippen LogP contribution < -0.4 is 4.74 Å². The molecule has 0 spiro atoms. The second kappa shape index (κ2) is 4.86. The lowest BCUT2D eigenvalue weighted by molar-refractivity contribution is 0.313. The quantitative estimate of drug-likeness (QED) is 0.723. The van der Waals surface area contributed by atoms with Crippen molar-refractivity contribution in [1.82, 2.24) is 9.78 Å². The van der Waals surface area contributed by atoms with Crippen LogP contribution in [0.15, 0.2) is 0 Å². The summed E-state index contributed by atoms with van der Waals surface area (Å²) < 4.78 is 29.1. The molecule has 0 aromatic carbocycles. The fourth-order valence-corrected chi connectivity index (χ4v) is 2.10. The van der Waals surface area contributed by atoms with Gasteiger partial charge in [-0.2, -0.15) is 5.10 Å². The first-order valence-electron chi connectivity index (χ1n) is 5.12. The zero-order valence-corrected chi connectivity index (χ0v) is 11.0. The molecule has 0 saturated heterocycles. The third kappa shape index (κ3) is 3.52. The van der Waals surface area contributed by atoms with Gasteiger partial charge < -0.3 is 4.74 Å². The van der Waals surface area contributed by atoms with Gasteiger partial charge in [-0.3, -0.25) is 4.68 Å². The summed E-state index contributed by atoms with van der Waals surface area (Å²) in [5.74, 6) is 0.918. The molecule has 0 amide bonds. The summed E-state index contributed by atoms with van der Waals surface area (Å²) in [6.07, 6.45) is 1.74. The van der Waals surface area contributed by atoms with E-state index in [9.17, 15) is 8.42 Å². The Bertz CT molecular complexity index is 463. The van der Waals surface area contributed by atoms with Crippen LogP contribution in [0.3, 0.4) is 0 Å². The Morgan fingerprint density at radius 1 is 1.38 bits per heavy atom. The number of hydrogen-bond donors (Lipinski definition) is 0. The Morgan fingerprint density at radius 2 is 2.00 bits per heavy atom. The average molecular weight is 246 g/mol. The summed E-state index contributed by atoms with van der Waals surface area (Å²) in [7, 11) is -1.04. The van der Waals surface area contributed by atoms with Gasteiger partial charge in [-0.15, -0.1) is 0 Å². The lowest BCUT2D eigenvalue weighted by Gasteiger charge is -2.05. The lowest BCUT2D eigenvalue weighted by atomic mass is 10.3. The third-order valence-corrected chi connectivity index (χ3v) is 3.38. The van der Waals surface area contributed by atoms with Crippen molar-refractivity contribution in [2.45, 2.75) is 20.3 Å². The maximum atomic E-state index is 10.9. The van der Waals surface area contributed by atoms with Gasteiger partial charge in [0, 0.05) is 13.3 Å². The van der Waals surface area contributed by atoms with E-state index in [1.807, 2.05) is 20.9 Å². The van der Waals surface area contributed by atoms with Crippen LogP contribution in [0.1, 0.15) is 17.8 Å². The maximum Gasteiger partial charge on any atom is 0.162 e. The Balaban J connectivity index is 2.49. The van der Waals surface area contributed by atoms with Gasteiger partial charge in [0.2, 0.25) is 0 Å². The van der Waals surface area contributed by atoms with Gasteiger partial charge in [0.25, 0.3) is 0 Å². The zero-order chi connectivity index (χ0) is 12.3. The Kier molecular flexibility index (Phi) is 3.96. The fourth-order valence-electron chi connectivity index (χ4n) is 1.46. The number of sulfone groups is 1. The molecule has 1 heterocycles. The van der Waals surface area contributed by atoms with Gasteiger partial charge in [0.15, 0.2) is 5.75 Å². The third-order valence-electron chi connectivity index (χ3n) is 2.35. The number of nitrogens with zero attached hydrogens (tertiary/aromatic N) is 2. The summed E-state index contributed by atoms with van der Waals surface area (Å²) in [6.45, 7) is 4.20. The smallest absolute Gasteiger partial charge is 0.162 e. The van der Waals surface area contributed by atoms with E-state index < -0.39 is 9.84 Å². The predicted molar refractivity (Wildman–Crippen MR) is 62.5 cm³/mol. The molecule has 1 aromatic rings. The molecule has 0 fully saturated rings. The van der Waals surface area contributed by atoms with Crippen LogP contribution >= 0.6 is 0 Å². The zero-order valence-electron chi connectivity index (χ0n) is 10.1. The van der Waals surface area contributed by atoms with Crippen molar-refractivity contribution in [3.05, 3.63) is 11.4 Å². The van der Waals surface area contributed by atoms with Crippen molar-refractivity contribution in [3.63, 3.8) is 0 Å². The Hall–Kier alpha value is -1.04. The van der Waals surface area contributed by atoms with Crippen molar-refractivity contribution < 1.29 is 13.2 Å². The molecule has 1 aromatic heterocycles. The van der Waals surface area contributed by atoms with Gasteiger partial charge in [-0.1, -0.05) is 0 Å². The molecule has 0 radical (unpaired) electrons. The van der Waals surface area contributed by atoms with Crippen molar-refractivity contribution in [2.24, 2.45) is 7.05 Å². The highest BCUT2D eigenvalue weighted by atomic mass is 32.2. The number of aryl methyl sites for hydroxylation is 2. The molecule has 0 unspecified atom stereocenters. The standard InChI is InChI=1S/C10H18N2O3S/c1-8-10(9(2)12(3)11-8)15-6-5-7-16(4,13)14/h5-7H2,1-4H3. The summed E-state index contributed by atoms with van der Waals surface area (Å²) in [4.78, 5) is 0. The van der Waals surface area contributed by atoms with Crippen LogP contribution in [0.25, 0.3) is 0 Å². The predicted octanol–water partition coefficient (Wildman–Crippen LogP) is 0.850. The molecule has 6 heteroatoms. The van der Waals surface area contributed by atoms with Crippen molar-refractivity contribution in [1.29, 1.82) is 0 Å². The van der Waals surface area contributed by atoms with E-state index in [1.54, 1.807) is 4.68 Å². The molecule has 0 atom stereocenters. The van der Waals surface area contributed by atoms with E-state index in [2.05, 4.69) is 5.10 Å². The van der Waals surface area contributed by atoms with E-state index in [4.69, 9.17) is 4.74 Å². The van der Waals surface area contributed by atoms with E-state index >= 15 is 0 Å². The van der Waals surface area contributed by atoms with E-state index in [-0.39, 0.29) is 5.75 Å². The number of ether oxygens (including phenoxy) is 1. The van der Waals surface area contributed by atoms with Crippen LogP contribution in [0.5, 0.6) is 5.75 Å². The summed E-state index contributed by atoms with van der Waals surface area (Å²) >= 11 is 0. The number of hydrogen-bond acceptors (Lipinski definition) is 4. The number of rotatable bonds is 5. The monoisotopic (exact) mass is 246 g/mol. The van der Waals surface area contributed by atoms with Crippen molar-refractivity contribution >= 4 is 9.84 Å². The Labute approximate surface area is 96.3 Å². The highest BCUT2D eigenvalue weighted by Crippen LogP contribution is 2.21. The summed E-state index contributed by atoms with van der Waals surface area (Å²) in [5, 5.41) is 4.21. The normalized spacial score (nSPS) is 11.8. The Morgan fingerprint density at radius 3 is 2.44 bits per heavy atom. The van der Waals surface area contributed by atoms with Crippen LogP contribution in [0.4, 0.5) is 0 Å². The molecular weight excluding hydrogens is 228 g/mol. The summed E-state index contributed by atoms with van der Waals surface area (Å²) in [5.41, 5.74) is 1.79. The molecule has 0 N–H and O–H groups in total. The summed E-state index contributed by atoms with van der Waals surface area (Å²) in [6, 6.07) is 0. The molecule has 5 nitrogen and oxygen atoms in total. The highest BCUT2D eigenvalue weighted by molar-refractivity contribution is 7.90. The molecule has 0 aliphatic rings. The minimum atomic E-state index is -2.89. The lowest BCUT2D eigenvalue weighted by Crippen LogP contribution is -2.08. The maximum absolute atomic E-state index is 10.9. The molecule has 0 saturated carbocycles. The largest absolute Gasteiger partial charge is 0.490 e. The molecule has 16 heavy (non-hydrogen) atoms. The van der Waals surface area contributed by atoms with E-state index in [1.165, 1.54) is 6.26 Å². The van der Waals surface area contributed by atoms with Crippen LogP contribution in [-0.4, -0.2) is 36.8 Å². The first-order chi connectivity index (χ1) is 7.31. The topological polar surface area (TPSA) is 61.2 Å².